The summed E-state index contributed by atoms with van der Waals surface area (Å²) in [5, 5.41) is 0. The second-order valence-electron chi connectivity index (χ2n) is 6.27. The third-order valence-electron chi connectivity index (χ3n) is 3.11. The number of hydrogen-bond acceptors (Lipinski definition) is 0. The van der Waals surface area contributed by atoms with Crippen molar-refractivity contribution in [2.24, 2.45) is 17.3 Å². The van der Waals surface area contributed by atoms with Crippen molar-refractivity contribution in [2.45, 2.75) is 65.7 Å². The Morgan fingerprint density at radius 3 is 1.29 bits per heavy atom. The fraction of sp³-hybridized carbons (Fsp3) is 0.765. The van der Waals surface area contributed by atoms with Gasteiger partial charge in [-0.05, 0) is 42.9 Å². The summed E-state index contributed by atoms with van der Waals surface area (Å²) >= 11 is 0. The Balaban J connectivity index is 0.000000224. The van der Waals surface area contributed by atoms with Crippen LogP contribution in [0, 0.1) is 17.3 Å². The molecule has 0 bridgehead atoms. The molecule has 0 aromatic rings. The molecule has 3 saturated carbocycles. The van der Waals surface area contributed by atoms with Gasteiger partial charge in [-0.3, -0.25) is 0 Å². The summed E-state index contributed by atoms with van der Waals surface area (Å²) < 4.78 is 0. The van der Waals surface area contributed by atoms with E-state index in [-0.39, 0.29) is 0 Å². The highest BCUT2D eigenvalue weighted by Gasteiger charge is 2.33. The van der Waals surface area contributed by atoms with Crippen LogP contribution in [-0.4, -0.2) is 0 Å². The zero-order valence-electron chi connectivity index (χ0n) is 12.3. The first-order chi connectivity index (χ1) is 8.04. The van der Waals surface area contributed by atoms with Gasteiger partial charge in [0.2, 0.25) is 0 Å². The molecular weight excluding hydrogens is 204 g/mol. The smallest absolute Gasteiger partial charge is 0.0236 e. The van der Waals surface area contributed by atoms with Gasteiger partial charge in [0.25, 0.3) is 0 Å². The Morgan fingerprint density at radius 2 is 1.29 bits per heavy atom. The van der Waals surface area contributed by atoms with Crippen molar-refractivity contribution in [1.29, 1.82) is 0 Å². The van der Waals surface area contributed by atoms with E-state index in [9.17, 15) is 0 Å². The fourth-order valence-electron chi connectivity index (χ4n) is 1.28. The number of hydrogen-bond donors (Lipinski definition) is 0. The molecule has 0 spiro atoms. The molecule has 0 saturated heterocycles. The maximum absolute atomic E-state index is 3.62. The first kappa shape index (κ1) is 16.5. The van der Waals surface area contributed by atoms with Crippen LogP contribution in [0.3, 0.4) is 0 Å². The summed E-state index contributed by atoms with van der Waals surface area (Å²) in [4.78, 5) is 0. The van der Waals surface area contributed by atoms with Gasteiger partial charge in [-0.25, -0.2) is 0 Å². The molecule has 0 amide bonds. The van der Waals surface area contributed by atoms with E-state index in [4.69, 9.17) is 0 Å². The first-order valence-electron chi connectivity index (χ1n) is 7.16. The van der Waals surface area contributed by atoms with Crippen molar-refractivity contribution in [3.8, 4) is 0 Å². The van der Waals surface area contributed by atoms with Crippen LogP contribution < -0.4 is 0 Å². The summed E-state index contributed by atoms with van der Waals surface area (Å²) in [6, 6.07) is 0. The average molecular weight is 236 g/mol. The van der Waals surface area contributed by atoms with Crippen LogP contribution in [0.25, 0.3) is 0 Å². The third-order valence-corrected chi connectivity index (χ3v) is 3.11. The molecule has 0 aromatic carbocycles. The van der Waals surface area contributed by atoms with Crippen molar-refractivity contribution in [1.82, 2.24) is 0 Å². The van der Waals surface area contributed by atoms with Crippen molar-refractivity contribution >= 4 is 0 Å². The Morgan fingerprint density at radius 1 is 0.882 bits per heavy atom. The lowest BCUT2D eigenvalue weighted by Gasteiger charge is -2.15. The predicted molar refractivity (Wildman–Crippen MR) is 80.2 cm³/mol. The summed E-state index contributed by atoms with van der Waals surface area (Å²) in [7, 11) is 0. The minimum atomic E-state index is 0.611. The maximum atomic E-state index is 3.62. The topological polar surface area (TPSA) is 0 Å². The molecule has 0 N–H and O–H groups in total. The van der Waals surface area contributed by atoms with Gasteiger partial charge in [-0.1, -0.05) is 46.1 Å². The van der Waals surface area contributed by atoms with Gasteiger partial charge >= 0.3 is 0 Å². The summed E-state index contributed by atoms with van der Waals surface area (Å²) in [5.74, 6) is 1.95. The van der Waals surface area contributed by atoms with E-state index >= 15 is 0 Å². The molecule has 0 atom stereocenters. The van der Waals surface area contributed by atoms with Gasteiger partial charge in [0.15, 0.2) is 0 Å². The summed E-state index contributed by atoms with van der Waals surface area (Å²) in [6.07, 6.45) is 12.3. The van der Waals surface area contributed by atoms with Crippen molar-refractivity contribution < 1.29 is 0 Å². The molecule has 0 aliphatic heterocycles. The molecule has 0 heteroatoms. The van der Waals surface area contributed by atoms with Gasteiger partial charge in [0.1, 0.15) is 0 Å². The molecule has 0 heterocycles. The van der Waals surface area contributed by atoms with Crippen LogP contribution in [0.1, 0.15) is 65.7 Å². The van der Waals surface area contributed by atoms with E-state index in [0.29, 0.717) is 5.41 Å². The van der Waals surface area contributed by atoms with Crippen molar-refractivity contribution in [3.05, 3.63) is 25.8 Å². The van der Waals surface area contributed by atoms with E-state index in [1.54, 1.807) is 0 Å². The Kier molecular flexibility index (Phi) is 8.29. The largest absolute Gasteiger partial charge is 0.106 e. The molecule has 3 aliphatic carbocycles. The van der Waals surface area contributed by atoms with E-state index in [2.05, 4.69) is 40.5 Å². The molecule has 0 nitrogen and oxygen atoms in total. The van der Waals surface area contributed by atoms with E-state index in [0.717, 1.165) is 11.8 Å². The second kappa shape index (κ2) is 8.55. The van der Waals surface area contributed by atoms with Gasteiger partial charge in [0.05, 0.1) is 0 Å². The highest BCUT2D eigenvalue weighted by Crippen LogP contribution is 2.44. The van der Waals surface area contributed by atoms with Gasteiger partial charge in [0, 0.05) is 0 Å². The summed E-state index contributed by atoms with van der Waals surface area (Å²) in [5.41, 5.74) is 0.611. The molecule has 17 heavy (non-hydrogen) atoms. The van der Waals surface area contributed by atoms with Crippen LogP contribution in [-0.2, 0) is 0 Å². The van der Waals surface area contributed by atoms with Crippen LogP contribution >= 0.6 is 0 Å². The molecule has 3 fully saturated rings. The zero-order valence-corrected chi connectivity index (χ0v) is 12.3. The Hall–Kier alpha value is -0.520. The average Bonchev–Trinajstić information content (AvgIpc) is 3.21. The second-order valence-corrected chi connectivity index (χ2v) is 6.27. The Labute approximate surface area is 109 Å². The van der Waals surface area contributed by atoms with E-state index in [1.807, 2.05) is 6.08 Å². The SMILES string of the molecule is C1CC1.C=C.C=CC1CC1.CC(C)(C)C1CC1. The normalized spacial score (nSPS) is 20.4. The lowest BCUT2D eigenvalue weighted by molar-refractivity contribution is 0.351. The van der Waals surface area contributed by atoms with Crippen LogP contribution in [0.5, 0.6) is 0 Å². The molecule has 0 aromatic heterocycles. The van der Waals surface area contributed by atoms with Crippen LogP contribution in [0.4, 0.5) is 0 Å². The minimum absolute atomic E-state index is 0.611. The van der Waals surface area contributed by atoms with Gasteiger partial charge < -0.3 is 0 Å². The highest BCUT2D eigenvalue weighted by molar-refractivity contribution is 4.88. The third kappa shape index (κ3) is 13.4. The lowest BCUT2D eigenvalue weighted by atomic mass is 9.91. The van der Waals surface area contributed by atoms with Crippen molar-refractivity contribution in [2.75, 3.05) is 0 Å². The predicted octanol–water partition coefficient (Wildman–Crippen LogP) is 6.00. The summed E-state index contributed by atoms with van der Waals surface area (Å²) in [6.45, 7) is 16.6. The molecule has 100 valence electrons. The van der Waals surface area contributed by atoms with Crippen molar-refractivity contribution in [3.63, 3.8) is 0 Å². The highest BCUT2D eigenvalue weighted by atomic mass is 14.4. The van der Waals surface area contributed by atoms with E-state index < -0.39 is 0 Å². The number of allylic oxidation sites excluding steroid dienone is 1. The number of rotatable bonds is 1. The quantitative estimate of drug-likeness (QED) is 0.490. The maximum Gasteiger partial charge on any atom is -0.0236 e. The molecule has 3 rings (SSSR count). The molecule has 0 unspecified atom stereocenters. The molecule has 3 aliphatic rings. The standard InChI is InChI=1S/C7H14.C5H8.C3H6.C2H4/c1-7(2,3)6-4-5-6;1-2-5-3-4-5;1-2-3-1;1-2/h6H,4-5H2,1-3H3;2,5H,1,3-4H2;1-3H2;1-2H2. The van der Waals surface area contributed by atoms with Gasteiger partial charge in [-0.15, -0.1) is 19.7 Å². The lowest BCUT2D eigenvalue weighted by Crippen LogP contribution is -2.06. The first-order valence-corrected chi connectivity index (χ1v) is 7.16. The minimum Gasteiger partial charge on any atom is -0.106 e. The fourth-order valence-corrected chi connectivity index (χ4v) is 1.28. The molecule has 0 radical (unpaired) electrons. The van der Waals surface area contributed by atoms with Crippen LogP contribution in [0.15, 0.2) is 25.8 Å². The Bertz CT molecular complexity index is 184. The van der Waals surface area contributed by atoms with Gasteiger partial charge in [-0.2, -0.15) is 0 Å². The van der Waals surface area contributed by atoms with E-state index in [1.165, 1.54) is 44.9 Å². The van der Waals surface area contributed by atoms with Crippen LogP contribution in [0.2, 0.25) is 0 Å². The zero-order chi connectivity index (χ0) is 13.3. The monoisotopic (exact) mass is 236 g/mol. The molecular formula is C17H32.